The number of nitrogens with zero attached hydrogens (tertiary/aromatic N) is 3. The number of esters is 1. The van der Waals surface area contributed by atoms with Gasteiger partial charge < -0.3 is 10.5 Å². The van der Waals surface area contributed by atoms with E-state index in [1.807, 2.05) is 6.92 Å². The van der Waals surface area contributed by atoms with Crippen molar-refractivity contribution in [3.63, 3.8) is 0 Å². The summed E-state index contributed by atoms with van der Waals surface area (Å²) in [5.41, 5.74) is 7.20. The number of fused-ring (bicyclic) bond motifs is 1. The van der Waals surface area contributed by atoms with Gasteiger partial charge in [-0.05, 0) is 13.8 Å². The molecular formula is C10H12N4O2. The number of hydrogen-bond acceptors (Lipinski definition) is 5. The SMILES string of the molecule is CCOC(=O)c1cc2nc(N)cc(C)n2n1. The van der Waals surface area contributed by atoms with E-state index < -0.39 is 5.97 Å². The molecule has 0 atom stereocenters. The van der Waals surface area contributed by atoms with Gasteiger partial charge in [-0.3, -0.25) is 0 Å². The first kappa shape index (κ1) is 10.4. The molecule has 0 saturated carbocycles. The van der Waals surface area contributed by atoms with E-state index in [0.717, 1.165) is 5.69 Å². The molecule has 0 aliphatic rings. The Hall–Kier alpha value is -2.11. The van der Waals surface area contributed by atoms with Crippen molar-refractivity contribution < 1.29 is 9.53 Å². The van der Waals surface area contributed by atoms with E-state index in [0.29, 0.717) is 18.1 Å². The molecule has 0 bridgehead atoms. The lowest BCUT2D eigenvalue weighted by molar-refractivity contribution is 0.0519. The van der Waals surface area contributed by atoms with Crippen LogP contribution in [0.3, 0.4) is 0 Å². The van der Waals surface area contributed by atoms with Crippen molar-refractivity contribution in [3.05, 3.63) is 23.5 Å². The number of aromatic nitrogens is 3. The van der Waals surface area contributed by atoms with Crippen LogP contribution in [0.4, 0.5) is 5.82 Å². The third-order valence-electron chi connectivity index (χ3n) is 2.11. The van der Waals surface area contributed by atoms with Gasteiger partial charge in [0.1, 0.15) is 5.82 Å². The van der Waals surface area contributed by atoms with Crippen molar-refractivity contribution in [2.24, 2.45) is 0 Å². The summed E-state index contributed by atoms with van der Waals surface area (Å²) in [7, 11) is 0. The zero-order valence-electron chi connectivity index (χ0n) is 9.10. The van der Waals surface area contributed by atoms with E-state index in [-0.39, 0.29) is 5.69 Å². The number of hydrogen-bond donors (Lipinski definition) is 1. The number of anilines is 1. The molecule has 2 rings (SSSR count). The first-order chi connectivity index (χ1) is 7.61. The van der Waals surface area contributed by atoms with Crippen LogP contribution in [0.1, 0.15) is 23.1 Å². The molecule has 84 valence electrons. The Kier molecular flexibility index (Phi) is 2.47. The fourth-order valence-corrected chi connectivity index (χ4v) is 1.45. The molecule has 2 N–H and O–H groups in total. The molecule has 0 radical (unpaired) electrons. The summed E-state index contributed by atoms with van der Waals surface area (Å²) in [5, 5.41) is 4.10. The van der Waals surface area contributed by atoms with E-state index in [1.54, 1.807) is 23.6 Å². The van der Waals surface area contributed by atoms with Gasteiger partial charge in [0.2, 0.25) is 0 Å². The zero-order chi connectivity index (χ0) is 11.7. The highest BCUT2D eigenvalue weighted by Crippen LogP contribution is 2.10. The van der Waals surface area contributed by atoms with Gasteiger partial charge in [-0.2, -0.15) is 5.10 Å². The predicted molar refractivity (Wildman–Crippen MR) is 58.1 cm³/mol. The van der Waals surface area contributed by atoms with Gasteiger partial charge in [-0.25, -0.2) is 14.3 Å². The molecule has 0 amide bonds. The van der Waals surface area contributed by atoms with Crippen LogP contribution in [0.5, 0.6) is 0 Å². The number of nitrogens with two attached hydrogens (primary N) is 1. The van der Waals surface area contributed by atoms with Crippen LogP contribution < -0.4 is 5.73 Å². The van der Waals surface area contributed by atoms with Crippen LogP contribution in [0.25, 0.3) is 5.65 Å². The van der Waals surface area contributed by atoms with E-state index in [9.17, 15) is 4.79 Å². The normalized spacial score (nSPS) is 10.6. The highest BCUT2D eigenvalue weighted by Gasteiger charge is 2.13. The number of ether oxygens (including phenoxy) is 1. The summed E-state index contributed by atoms with van der Waals surface area (Å²) >= 11 is 0. The van der Waals surface area contributed by atoms with Gasteiger partial charge in [-0.15, -0.1) is 0 Å². The van der Waals surface area contributed by atoms with Gasteiger partial charge in [-0.1, -0.05) is 0 Å². The van der Waals surface area contributed by atoms with Crippen molar-refractivity contribution in [3.8, 4) is 0 Å². The topological polar surface area (TPSA) is 82.5 Å². The summed E-state index contributed by atoms with van der Waals surface area (Å²) < 4.78 is 6.41. The third kappa shape index (κ3) is 1.69. The quantitative estimate of drug-likeness (QED) is 0.757. The maximum absolute atomic E-state index is 11.5. The van der Waals surface area contributed by atoms with Crippen LogP contribution in [-0.4, -0.2) is 27.2 Å². The van der Waals surface area contributed by atoms with Gasteiger partial charge in [0.25, 0.3) is 0 Å². The molecule has 2 aromatic heterocycles. The van der Waals surface area contributed by atoms with Gasteiger partial charge >= 0.3 is 5.97 Å². The fraction of sp³-hybridized carbons (Fsp3) is 0.300. The second-order valence-corrected chi connectivity index (χ2v) is 3.34. The summed E-state index contributed by atoms with van der Waals surface area (Å²) in [6.07, 6.45) is 0. The Labute approximate surface area is 92.0 Å². The number of nitrogen functional groups attached to an aromatic ring is 1. The van der Waals surface area contributed by atoms with Crippen LogP contribution in [0, 0.1) is 6.92 Å². The number of carbonyl (C=O) groups excluding carboxylic acids is 1. The molecule has 0 fully saturated rings. The highest BCUT2D eigenvalue weighted by atomic mass is 16.5. The molecule has 0 aromatic carbocycles. The zero-order valence-corrected chi connectivity index (χ0v) is 9.10. The Morgan fingerprint density at radius 3 is 3.00 bits per heavy atom. The second kappa shape index (κ2) is 3.80. The third-order valence-corrected chi connectivity index (χ3v) is 2.11. The van der Waals surface area contributed by atoms with Crippen LogP contribution in [-0.2, 0) is 4.74 Å². The molecular weight excluding hydrogens is 208 g/mol. The van der Waals surface area contributed by atoms with E-state index >= 15 is 0 Å². The standard InChI is InChI=1S/C10H12N4O2/c1-3-16-10(15)7-5-9-12-8(11)4-6(2)14(9)13-7/h4-5H,3H2,1-2H3,(H2,11,12). The summed E-state index contributed by atoms with van der Waals surface area (Å²) in [4.78, 5) is 15.5. The average Bonchev–Trinajstić information content (AvgIpc) is 2.62. The molecule has 6 heteroatoms. The molecule has 0 spiro atoms. The van der Waals surface area contributed by atoms with Gasteiger partial charge in [0, 0.05) is 17.8 Å². The van der Waals surface area contributed by atoms with Crippen LogP contribution in [0.2, 0.25) is 0 Å². The molecule has 6 nitrogen and oxygen atoms in total. The minimum absolute atomic E-state index is 0.239. The Bertz CT molecular complexity index is 547. The number of rotatable bonds is 2. The lowest BCUT2D eigenvalue weighted by Gasteiger charge is -1.99. The van der Waals surface area contributed by atoms with Crippen molar-refractivity contribution in [1.29, 1.82) is 0 Å². The Morgan fingerprint density at radius 2 is 2.31 bits per heavy atom. The lowest BCUT2D eigenvalue weighted by Crippen LogP contribution is -2.06. The highest BCUT2D eigenvalue weighted by molar-refractivity contribution is 5.88. The first-order valence-electron chi connectivity index (χ1n) is 4.92. The molecule has 2 aromatic rings. The largest absolute Gasteiger partial charge is 0.461 e. The summed E-state index contributed by atoms with van der Waals surface area (Å²) in [6, 6.07) is 3.25. The average molecular weight is 220 g/mol. The Morgan fingerprint density at radius 1 is 1.56 bits per heavy atom. The molecule has 0 aliphatic carbocycles. The maximum atomic E-state index is 11.5. The first-order valence-corrected chi connectivity index (χ1v) is 4.92. The Balaban J connectivity index is 2.51. The van der Waals surface area contributed by atoms with Crippen molar-refractivity contribution >= 4 is 17.4 Å². The molecule has 2 heterocycles. The minimum atomic E-state index is -0.453. The number of carbonyl (C=O) groups is 1. The van der Waals surface area contributed by atoms with Crippen LogP contribution >= 0.6 is 0 Å². The smallest absolute Gasteiger partial charge is 0.358 e. The summed E-state index contributed by atoms with van der Waals surface area (Å²) in [5.74, 6) is -0.0497. The molecule has 0 aliphatic heterocycles. The molecule has 16 heavy (non-hydrogen) atoms. The van der Waals surface area contributed by atoms with Gasteiger partial charge in [0.05, 0.1) is 6.61 Å². The minimum Gasteiger partial charge on any atom is -0.461 e. The van der Waals surface area contributed by atoms with Crippen molar-refractivity contribution in [2.45, 2.75) is 13.8 Å². The van der Waals surface area contributed by atoms with E-state index in [1.165, 1.54) is 0 Å². The second-order valence-electron chi connectivity index (χ2n) is 3.34. The maximum Gasteiger partial charge on any atom is 0.358 e. The molecule has 0 saturated heterocycles. The van der Waals surface area contributed by atoms with Gasteiger partial charge in [0.15, 0.2) is 11.3 Å². The van der Waals surface area contributed by atoms with Crippen molar-refractivity contribution in [1.82, 2.24) is 14.6 Å². The number of aryl methyl sites for hydroxylation is 1. The lowest BCUT2D eigenvalue weighted by atomic mass is 10.4. The monoisotopic (exact) mass is 220 g/mol. The predicted octanol–water partition coefficient (Wildman–Crippen LogP) is 0.797. The van der Waals surface area contributed by atoms with E-state index in [2.05, 4.69) is 10.1 Å². The van der Waals surface area contributed by atoms with Crippen LogP contribution in [0.15, 0.2) is 12.1 Å². The summed E-state index contributed by atoms with van der Waals surface area (Å²) in [6.45, 7) is 3.91. The fourth-order valence-electron chi connectivity index (χ4n) is 1.45. The van der Waals surface area contributed by atoms with Crippen molar-refractivity contribution in [2.75, 3.05) is 12.3 Å². The molecule has 0 unspecified atom stereocenters. The van der Waals surface area contributed by atoms with E-state index in [4.69, 9.17) is 10.5 Å².